The second-order valence-electron chi connectivity index (χ2n) is 2.74. The number of halogens is 1. The Hall–Kier alpha value is -0.900. The van der Waals surface area contributed by atoms with Crippen molar-refractivity contribution in [2.24, 2.45) is 0 Å². The van der Waals surface area contributed by atoms with E-state index in [-0.39, 0.29) is 0 Å². The molecule has 0 saturated carbocycles. The molecular weight excluding hydrogens is 218 g/mol. The summed E-state index contributed by atoms with van der Waals surface area (Å²) in [5, 5.41) is 4.10. The molecule has 0 N–H and O–H groups in total. The van der Waals surface area contributed by atoms with Gasteiger partial charge in [0.15, 0.2) is 0 Å². The topological polar surface area (TPSA) is 30.2 Å². The molecule has 0 saturated heterocycles. The van der Waals surface area contributed by atoms with Crippen molar-refractivity contribution in [1.82, 2.24) is 14.6 Å². The molecule has 0 aliphatic heterocycles. The van der Waals surface area contributed by atoms with Crippen LogP contribution in [0.5, 0.6) is 0 Å². The fraction of sp³-hybridized carbons (Fsp3) is 0.250. The molecule has 0 unspecified atom stereocenters. The highest BCUT2D eigenvalue weighted by atomic mass is 79.9. The van der Waals surface area contributed by atoms with Crippen molar-refractivity contribution < 1.29 is 0 Å². The normalized spacial score (nSPS) is 10.9. The molecule has 2 aromatic rings. The first-order chi connectivity index (χ1) is 5.70. The van der Waals surface area contributed by atoms with Gasteiger partial charge in [0.1, 0.15) is 6.33 Å². The van der Waals surface area contributed by atoms with Crippen LogP contribution in [-0.4, -0.2) is 14.6 Å². The number of fused-ring (bicyclic) bond motifs is 1. The maximum absolute atomic E-state index is 4.13. The molecule has 2 rings (SSSR count). The summed E-state index contributed by atoms with van der Waals surface area (Å²) in [6.45, 7) is 4.03. The Labute approximate surface area is 78.6 Å². The van der Waals surface area contributed by atoms with Gasteiger partial charge in [0.25, 0.3) is 0 Å². The highest BCUT2D eigenvalue weighted by Gasteiger charge is 2.06. The Morgan fingerprint density at radius 3 is 2.83 bits per heavy atom. The van der Waals surface area contributed by atoms with E-state index in [0.717, 1.165) is 15.7 Å². The second-order valence-corrected chi connectivity index (χ2v) is 3.60. The van der Waals surface area contributed by atoms with Gasteiger partial charge in [-0.1, -0.05) is 0 Å². The van der Waals surface area contributed by atoms with Crippen LogP contribution in [0.3, 0.4) is 0 Å². The number of nitrogens with zero attached hydrogens (tertiary/aromatic N) is 3. The van der Waals surface area contributed by atoms with Gasteiger partial charge in [-0.15, -0.1) is 0 Å². The van der Waals surface area contributed by atoms with Gasteiger partial charge < -0.3 is 0 Å². The Kier molecular flexibility index (Phi) is 1.65. The van der Waals surface area contributed by atoms with Crippen molar-refractivity contribution in [1.29, 1.82) is 0 Å². The molecule has 0 atom stereocenters. The maximum atomic E-state index is 4.13. The van der Waals surface area contributed by atoms with Gasteiger partial charge in [-0.25, -0.2) is 9.50 Å². The van der Waals surface area contributed by atoms with Crippen molar-refractivity contribution in [2.45, 2.75) is 13.8 Å². The fourth-order valence-electron chi connectivity index (χ4n) is 1.31. The maximum Gasteiger partial charge on any atom is 0.136 e. The van der Waals surface area contributed by atoms with Crippen molar-refractivity contribution >= 4 is 21.4 Å². The predicted molar refractivity (Wildman–Crippen MR) is 50.2 cm³/mol. The Balaban J connectivity index is 2.97. The Morgan fingerprint density at radius 1 is 1.42 bits per heavy atom. The summed E-state index contributed by atoms with van der Waals surface area (Å²) in [5.74, 6) is 0. The summed E-state index contributed by atoms with van der Waals surface area (Å²) in [7, 11) is 0. The van der Waals surface area contributed by atoms with Gasteiger partial charge in [0.2, 0.25) is 0 Å². The molecule has 0 aliphatic carbocycles. The zero-order valence-corrected chi connectivity index (χ0v) is 8.46. The zero-order chi connectivity index (χ0) is 8.72. The van der Waals surface area contributed by atoms with Crippen molar-refractivity contribution in [3.8, 4) is 0 Å². The lowest BCUT2D eigenvalue weighted by Crippen LogP contribution is -1.94. The van der Waals surface area contributed by atoms with Gasteiger partial charge in [-0.2, -0.15) is 5.10 Å². The molecule has 4 heteroatoms. The molecule has 0 bridgehead atoms. The molecule has 0 radical (unpaired) electrons. The lowest BCUT2D eigenvalue weighted by molar-refractivity contribution is 0.885. The van der Waals surface area contributed by atoms with Gasteiger partial charge >= 0.3 is 0 Å². The molecule has 2 heterocycles. The Bertz CT molecular complexity index is 433. The van der Waals surface area contributed by atoms with E-state index >= 15 is 0 Å². The van der Waals surface area contributed by atoms with Crippen LogP contribution in [0.1, 0.15) is 11.3 Å². The third-order valence-electron chi connectivity index (χ3n) is 1.95. The molecule has 62 valence electrons. The standard InChI is InChI=1S/C8H8BrN3/c1-5-7(9)3-12-8(5)6(2)10-4-11-12/h3-4H,1-2H3. The number of rotatable bonds is 0. The van der Waals surface area contributed by atoms with Crippen molar-refractivity contribution in [3.63, 3.8) is 0 Å². The first kappa shape index (κ1) is 7.73. The van der Waals surface area contributed by atoms with Gasteiger partial charge in [-0.05, 0) is 35.3 Å². The molecule has 12 heavy (non-hydrogen) atoms. The summed E-state index contributed by atoms with van der Waals surface area (Å²) in [6.07, 6.45) is 3.51. The average Bonchev–Trinajstić information content (AvgIpc) is 2.29. The van der Waals surface area contributed by atoms with E-state index in [1.54, 1.807) is 6.33 Å². The monoisotopic (exact) mass is 225 g/mol. The van der Waals surface area contributed by atoms with Crippen LogP contribution in [0.2, 0.25) is 0 Å². The largest absolute Gasteiger partial charge is 0.238 e. The molecule has 2 aromatic heterocycles. The summed E-state index contributed by atoms with van der Waals surface area (Å²) in [4.78, 5) is 4.13. The van der Waals surface area contributed by atoms with E-state index < -0.39 is 0 Å². The van der Waals surface area contributed by atoms with E-state index in [1.807, 2.05) is 17.6 Å². The Morgan fingerprint density at radius 2 is 2.17 bits per heavy atom. The molecule has 0 fully saturated rings. The van der Waals surface area contributed by atoms with Crippen LogP contribution in [-0.2, 0) is 0 Å². The number of aromatic nitrogens is 3. The predicted octanol–water partition coefficient (Wildman–Crippen LogP) is 2.11. The van der Waals surface area contributed by atoms with Crippen LogP contribution in [0, 0.1) is 13.8 Å². The van der Waals surface area contributed by atoms with E-state index in [0.29, 0.717) is 0 Å². The van der Waals surface area contributed by atoms with E-state index in [4.69, 9.17) is 0 Å². The van der Waals surface area contributed by atoms with Gasteiger partial charge in [-0.3, -0.25) is 0 Å². The van der Waals surface area contributed by atoms with E-state index in [1.165, 1.54) is 5.56 Å². The minimum Gasteiger partial charge on any atom is -0.238 e. The number of aryl methyl sites for hydroxylation is 2. The third-order valence-corrected chi connectivity index (χ3v) is 2.75. The molecular formula is C8H8BrN3. The van der Waals surface area contributed by atoms with Crippen molar-refractivity contribution in [3.05, 3.63) is 28.3 Å². The fourth-order valence-corrected chi connectivity index (χ4v) is 1.69. The average molecular weight is 226 g/mol. The van der Waals surface area contributed by atoms with E-state index in [9.17, 15) is 0 Å². The SMILES string of the molecule is Cc1ncnn2cc(Br)c(C)c12. The first-order valence-corrected chi connectivity index (χ1v) is 4.44. The summed E-state index contributed by atoms with van der Waals surface area (Å²) >= 11 is 3.45. The molecule has 0 amide bonds. The first-order valence-electron chi connectivity index (χ1n) is 3.65. The summed E-state index contributed by atoms with van der Waals surface area (Å²) < 4.78 is 2.91. The zero-order valence-electron chi connectivity index (χ0n) is 6.87. The van der Waals surface area contributed by atoms with Crippen LogP contribution in [0.4, 0.5) is 0 Å². The molecule has 0 aromatic carbocycles. The third kappa shape index (κ3) is 0.948. The van der Waals surface area contributed by atoms with Gasteiger partial charge in [0, 0.05) is 10.7 Å². The molecule has 0 spiro atoms. The summed E-state index contributed by atoms with van der Waals surface area (Å²) in [6, 6.07) is 0. The van der Waals surface area contributed by atoms with Crippen molar-refractivity contribution in [2.75, 3.05) is 0 Å². The van der Waals surface area contributed by atoms with E-state index in [2.05, 4.69) is 32.9 Å². The number of hydrogen-bond acceptors (Lipinski definition) is 2. The molecule has 0 aliphatic rings. The minimum absolute atomic E-state index is 1.01. The van der Waals surface area contributed by atoms with Crippen LogP contribution < -0.4 is 0 Å². The summed E-state index contributed by atoms with van der Waals surface area (Å²) in [5.41, 5.74) is 3.28. The second kappa shape index (κ2) is 2.55. The highest BCUT2D eigenvalue weighted by Crippen LogP contribution is 2.22. The highest BCUT2D eigenvalue weighted by molar-refractivity contribution is 9.10. The van der Waals surface area contributed by atoms with Crippen LogP contribution in [0.25, 0.3) is 5.52 Å². The minimum atomic E-state index is 1.01. The molecule has 3 nitrogen and oxygen atoms in total. The lowest BCUT2D eigenvalue weighted by atomic mass is 10.3. The smallest absolute Gasteiger partial charge is 0.136 e. The quantitative estimate of drug-likeness (QED) is 0.688. The number of hydrogen-bond donors (Lipinski definition) is 0. The van der Waals surface area contributed by atoms with Crippen LogP contribution >= 0.6 is 15.9 Å². The van der Waals surface area contributed by atoms with Gasteiger partial charge in [0.05, 0.1) is 11.2 Å². The van der Waals surface area contributed by atoms with Crippen LogP contribution in [0.15, 0.2) is 17.0 Å². The lowest BCUT2D eigenvalue weighted by Gasteiger charge is -1.96.